The minimum atomic E-state index is 0. The lowest BCUT2D eigenvalue weighted by molar-refractivity contribution is 0.0868. The fourth-order valence-corrected chi connectivity index (χ4v) is 1.02. The summed E-state index contributed by atoms with van der Waals surface area (Å²) in [4.78, 5) is 0. The molecule has 0 radical (unpaired) electrons. The van der Waals surface area contributed by atoms with Crippen molar-refractivity contribution in [2.45, 2.75) is 25.4 Å². The minimum Gasteiger partial charge on any atom is -0.412 e. The maximum atomic E-state index is 8.45. The van der Waals surface area contributed by atoms with Crippen LogP contribution in [0.15, 0.2) is 0 Å². The molecule has 0 aromatic carbocycles. The Kier molecular flexibility index (Phi) is 4.67. The summed E-state index contributed by atoms with van der Waals surface area (Å²) in [6.07, 6.45) is 3.49. The Morgan fingerprint density at radius 2 is 2.33 bits per heavy atom. The number of hydrogen-bond donors (Lipinski definition) is 1. The van der Waals surface area contributed by atoms with Gasteiger partial charge in [0.05, 0.1) is 6.10 Å². The van der Waals surface area contributed by atoms with Crippen LogP contribution in [0.3, 0.4) is 0 Å². The molecule has 0 saturated carbocycles. The fraction of sp³-hybridized carbons (Fsp3) is 1.00. The molecular weight excluding hydrogens is 120 g/mol. The van der Waals surface area contributed by atoms with E-state index in [4.69, 9.17) is 9.84 Å². The van der Waals surface area contributed by atoms with E-state index in [1.165, 1.54) is 6.42 Å². The van der Waals surface area contributed by atoms with Gasteiger partial charge in [0.15, 0.2) is 0 Å². The van der Waals surface area contributed by atoms with Crippen LogP contribution >= 0.6 is 0 Å². The van der Waals surface area contributed by atoms with Gasteiger partial charge in [0.2, 0.25) is 0 Å². The molecule has 3 heteroatoms. The molecule has 0 aromatic rings. The third kappa shape index (κ3) is 2.79. The van der Waals surface area contributed by atoms with Crippen LogP contribution in [0.4, 0.5) is 0 Å². The van der Waals surface area contributed by atoms with Crippen molar-refractivity contribution < 1.29 is 15.3 Å². The first-order chi connectivity index (χ1) is 3.93. The summed E-state index contributed by atoms with van der Waals surface area (Å²) in [5.41, 5.74) is 0. The zero-order valence-corrected chi connectivity index (χ0v) is 5.47. The van der Waals surface area contributed by atoms with Crippen molar-refractivity contribution in [2.75, 3.05) is 13.2 Å². The summed E-state index contributed by atoms with van der Waals surface area (Å²) in [5.74, 6) is 0. The molecule has 3 N–H and O–H groups in total. The third-order valence-corrected chi connectivity index (χ3v) is 1.48. The van der Waals surface area contributed by atoms with Gasteiger partial charge in [-0.15, -0.1) is 0 Å². The number of aliphatic hydroxyl groups excluding tert-OH is 1. The lowest BCUT2D eigenvalue weighted by Crippen LogP contribution is -2.06. The first-order valence-electron chi connectivity index (χ1n) is 3.16. The van der Waals surface area contributed by atoms with Gasteiger partial charge in [0.1, 0.15) is 0 Å². The van der Waals surface area contributed by atoms with Crippen molar-refractivity contribution in [3.63, 3.8) is 0 Å². The standard InChI is InChI=1S/C6H12O2.H2O/c7-4-3-6-2-1-5-8-6;/h6-7H,1-5H2;1H2. The van der Waals surface area contributed by atoms with Crippen LogP contribution in [0.1, 0.15) is 19.3 Å². The summed E-state index contributed by atoms with van der Waals surface area (Å²) < 4.78 is 5.23. The van der Waals surface area contributed by atoms with Crippen molar-refractivity contribution in [2.24, 2.45) is 0 Å². The monoisotopic (exact) mass is 134 g/mol. The first-order valence-corrected chi connectivity index (χ1v) is 3.16. The summed E-state index contributed by atoms with van der Waals surface area (Å²) in [6, 6.07) is 0. The predicted molar refractivity (Wildman–Crippen MR) is 34.3 cm³/mol. The van der Waals surface area contributed by atoms with Gasteiger partial charge >= 0.3 is 0 Å². The molecule has 1 fully saturated rings. The second kappa shape index (κ2) is 4.73. The molecule has 56 valence electrons. The molecule has 0 amide bonds. The maximum absolute atomic E-state index is 8.45. The van der Waals surface area contributed by atoms with E-state index in [9.17, 15) is 0 Å². The van der Waals surface area contributed by atoms with E-state index in [2.05, 4.69) is 0 Å². The molecule has 1 rings (SSSR count). The van der Waals surface area contributed by atoms with Gasteiger partial charge in [-0.3, -0.25) is 0 Å². The second-order valence-corrected chi connectivity index (χ2v) is 2.15. The molecule has 3 nitrogen and oxygen atoms in total. The van der Waals surface area contributed by atoms with Crippen LogP contribution < -0.4 is 0 Å². The molecule has 1 atom stereocenters. The lowest BCUT2D eigenvalue weighted by atomic mass is 10.2. The smallest absolute Gasteiger partial charge is 0.0597 e. The molecule has 0 spiro atoms. The summed E-state index contributed by atoms with van der Waals surface area (Å²) in [6.45, 7) is 1.16. The Balaban J connectivity index is 0.000000640. The van der Waals surface area contributed by atoms with Crippen LogP contribution in [0, 0.1) is 0 Å². The van der Waals surface area contributed by atoms with E-state index in [0.717, 1.165) is 19.4 Å². The molecule has 0 aliphatic carbocycles. The highest BCUT2D eigenvalue weighted by Gasteiger charge is 2.13. The van der Waals surface area contributed by atoms with Crippen molar-refractivity contribution in [1.29, 1.82) is 0 Å². The van der Waals surface area contributed by atoms with Crippen LogP contribution in [0.5, 0.6) is 0 Å². The van der Waals surface area contributed by atoms with E-state index < -0.39 is 0 Å². The van der Waals surface area contributed by atoms with E-state index >= 15 is 0 Å². The Labute approximate surface area is 54.9 Å². The first kappa shape index (κ1) is 8.88. The van der Waals surface area contributed by atoms with Gasteiger partial charge in [-0.25, -0.2) is 0 Å². The van der Waals surface area contributed by atoms with Crippen molar-refractivity contribution in [3.8, 4) is 0 Å². The van der Waals surface area contributed by atoms with Gasteiger partial charge in [-0.05, 0) is 19.3 Å². The number of hydrogen-bond acceptors (Lipinski definition) is 2. The molecule has 9 heavy (non-hydrogen) atoms. The molecule has 1 saturated heterocycles. The zero-order chi connectivity index (χ0) is 5.82. The van der Waals surface area contributed by atoms with Crippen molar-refractivity contribution in [1.82, 2.24) is 0 Å². The molecule has 0 aromatic heterocycles. The Morgan fingerprint density at radius 1 is 1.56 bits per heavy atom. The molecule has 1 aliphatic rings. The van der Waals surface area contributed by atoms with Crippen LogP contribution in [-0.2, 0) is 4.74 Å². The normalized spacial score (nSPS) is 25.7. The maximum Gasteiger partial charge on any atom is 0.0597 e. The average molecular weight is 134 g/mol. The lowest BCUT2D eigenvalue weighted by Gasteiger charge is -2.03. The topological polar surface area (TPSA) is 61.0 Å². The highest BCUT2D eigenvalue weighted by atomic mass is 16.5. The number of rotatable bonds is 2. The Bertz CT molecular complexity index is 59.3. The van der Waals surface area contributed by atoms with E-state index in [1.807, 2.05) is 0 Å². The van der Waals surface area contributed by atoms with Crippen molar-refractivity contribution in [3.05, 3.63) is 0 Å². The summed E-state index contributed by atoms with van der Waals surface area (Å²) >= 11 is 0. The van der Waals surface area contributed by atoms with Gasteiger partial charge in [0.25, 0.3) is 0 Å². The van der Waals surface area contributed by atoms with Gasteiger partial charge in [-0.2, -0.15) is 0 Å². The highest BCUT2D eigenvalue weighted by molar-refractivity contribution is 4.63. The second-order valence-electron chi connectivity index (χ2n) is 2.15. The molecule has 0 bridgehead atoms. The largest absolute Gasteiger partial charge is 0.412 e. The Hall–Kier alpha value is -0.120. The average Bonchev–Trinajstić information content (AvgIpc) is 2.19. The van der Waals surface area contributed by atoms with Crippen LogP contribution in [0.2, 0.25) is 0 Å². The van der Waals surface area contributed by atoms with E-state index in [1.54, 1.807) is 0 Å². The zero-order valence-electron chi connectivity index (χ0n) is 5.47. The molecular formula is C6H14O3. The number of aliphatic hydroxyl groups is 1. The minimum absolute atomic E-state index is 0. The SMILES string of the molecule is O.OCCC1CCCO1. The summed E-state index contributed by atoms with van der Waals surface area (Å²) in [5, 5.41) is 8.45. The highest BCUT2D eigenvalue weighted by Crippen LogP contribution is 2.13. The Morgan fingerprint density at radius 3 is 2.78 bits per heavy atom. The summed E-state index contributed by atoms with van der Waals surface area (Å²) in [7, 11) is 0. The quantitative estimate of drug-likeness (QED) is 0.564. The fourth-order valence-electron chi connectivity index (χ4n) is 1.02. The van der Waals surface area contributed by atoms with Gasteiger partial charge in [0, 0.05) is 13.2 Å². The van der Waals surface area contributed by atoms with Crippen LogP contribution in [0.25, 0.3) is 0 Å². The van der Waals surface area contributed by atoms with Gasteiger partial charge < -0.3 is 15.3 Å². The van der Waals surface area contributed by atoms with E-state index in [-0.39, 0.29) is 12.1 Å². The van der Waals surface area contributed by atoms with Crippen LogP contribution in [-0.4, -0.2) is 29.9 Å². The number of ether oxygens (including phenoxy) is 1. The molecule has 1 unspecified atom stereocenters. The third-order valence-electron chi connectivity index (χ3n) is 1.48. The molecule has 1 heterocycles. The van der Waals surface area contributed by atoms with E-state index in [0.29, 0.717) is 6.10 Å². The predicted octanol–water partition coefficient (Wildman–Crippen LogP) is -0.277. The van der Waals surface area contributed by atoms with Crippen molar-refractivity contribution >= 4 is 0 Å². The van der Waals surface area contributed by atoms with Gasteiger partial charge in [-0.1, -0.05) is 0 Å². The molecule has 1 aliphatic heterocycles.